The fourth-order valence-electron chi connectivity index (χ4n) is 1.60. The Morgan fingerprint density at radius 1 is 1.47 bits per heavy atom. The van der Waals surface area contributed by atoms with Gasteiger partial charge in [0.05, 0.1) is 5.75 Å². The Bertz CT molecular complexity index is 437. The molecule has 1 unspecified atom stereocenters. The molecule has 0 aliphatic heterocycles. The summed E-state index contributed by atoms with van der Waals surface area (Å²) in [7, 11) is -2.88. The molecule has 4 nitrogen and oxygen atoms in total. The number of hydrogen-bond acceptors (Lipinski definition) is 3. The van der Waals surface area contributed by atoms with Gasteiger partial charge in [0.15, 0.2) is 0 Å². The van der Waals surface area contributed by atoms with Crippen molar-refractivity contribution in [2.24, 2.45) is 0 Å². The molecule has 1 heterocycles. The second-order valence-corrected chi connectivity index (χ2v) is 6.75. The monoisotopic (exact) mass is 258 g/mol. The quantitative estimate of drug-likeness (QED) is 0.808. The molecule has 0 amide bonds. The van der Waals surface area contributed by atoms with E-state index >= 15 is 0 Å². The number of sulfone groups is 1. The molecule has 0 aliphatic carbocycles. The lowest BCUT2D eigenvalue weighted by Crippen LogP contribution is -2.18. The van der Waals surface area contributed by atoms with E-state index in [0.29, 0.717) is 12.6 Å². The number of aryl methyl sites for hydroxylation is 1. The van der Waals surface area contributed by atoms with Crippen LogP contribution in [0, 0.1) is 0 Å². The molecule has 0 saturated carbocycles. The van der Waals surface area contributed by atoms with Gasteiger partial charge in [-0.2, -0.15) is 0 Å². The molecule has 1 N–H and O–H groups in total. The van der Waals surface area contributed by atoms with Gasteiger partial charge in [-0.05, 0) is 31.5 Å². The fraction of sp³-hybridized carbons (Fsp3) is 0.667. The first-order valence-electron chi connectivity index (χ1n) is 5.99. The highest BCUT2D eigenvalue weighted by molar-refractivity contribution is 7.90. The molecule has 0 aromatic carbocycles. The topological polar surface area (TPSA) is 51.1 Å². The van der Waals surface area contributed by atoms with E-state index in [2.05, 4.69) is 19.2 Å². The van der Waals surface area contributed by atoms with E-state index in [1.54, 1.807) is 0 Å². The number of hydrogen-bond donors (Lipinski definition) is 1. The fourth-order valence-corrected chi connectivity index (χ4v) is 2.15. The average Bonchev–Trinajstić information content (AvgIpc) is 2.70. The zero-order valence-electron chi connectivity index (χ0n) is 10.8. The maximum absolute atomic E-state index is 11.1. The largest absolute Gasteiger partial charge is 0.353 e. The van der Waals surface area contributed by atoms with Gasteiger partial charge in [0.25, 0.3) is 0 Å². The van der Waals surface area contributed by atoms with Crippen LogP contribution >= 0.6 is 0 Å². The molecule has 0 bridgehead atoms. The summed E-state index contributed by atoms with van der Waals surface area (Å²) in [5.74, 6) is 0.192. The molecule has 1 aromatic rings. The van der Waals surface area contributed by atoms with Crippen LogP contribution in [0.2, 0.25) is 0 Å². The predicted octanol–water partition coefficient (Wildman–Crippen LogP) is 1.59. The minimum Gasteiger partial charge on any atom is -0.353 e. The third-order valence-corrected chi connectivity index (χ3v) is 3.62. The van der Waals surface area contributed by atoms with Crippen molar-refractivity contribution in [1.29, 1.82) is 0 Å². The van der Waals surface area contributed by atoms with Crippen molar-refractivity contribution in [3.8, 4) is 0 Å². The smallest absolute Gasteiger partial charge is 0.149 e. The summed E-state index contributed by atoms with van der Waals surface area (Å²) >= 11 is 0. The first-order valence-corrected chi connectivity index (χ1v) is 8.05. The van der Waals surface area contributed by atoms with E-state index in [9.17, 15) is 8.42 Å². The van der Waals surface area contributed by atoms with Gasteiger partial charge in [-0.3, -0.25) is 0 Å². The van der Waals surface area contributed by atoms with Crippen LogP contribution in [-0.2, 0) is 16.4 Å². The Kier molecular flexibility index (Phi) is 5.21. The van der Waals surface area contributed by atoms with Crippen molar-refractivity contribution in [2.45, 2.75) is 32.9 Å². The van der Waals surface area contributed by atoms with Crippen LogP contribution in [0.15, 0.2) is 18.5 Å². The molecule has 0 fully saturated rings. The summed E-state index contributed by atoms with van der Waals surface area (Å²) < 4.78 is 24.1. The van der Waals surface area contributed by atoms with Crippen LogP contribution in [-0.4, -0.2) is 31.5 Å². The van der Waals surface area contributed by atoms with Gasteiger partial charge in [-0.15, -0.1) is 0 Å². The van der Waals surface area contributed by atoms with Crippen LogP contribution in [0.3, 0.4) is 0 Å². The summed E-state index contributed by atoms with van der Waals surface area (Å²) in [6.45, 7) is 5.78. The van der Waals surface area contributed by atoms with Crippen LogP contribution in [0.4, 0.5) is 0 Å². The van der Waals surface area contributed by atoms with Crippen LogP contribution < -0.4 is 5.32 Å². The number of nitrogens with zero attached hydrogens (tertiary/aromatic N) is 1. The van der Waals surface area contributed by atoms with Gasteiger partial charge in [0, 0.05) is 31.2 Å². The van der Waals surface area contributed by atoms with Gasteiger partial charge in [0.2, 0.25) is 0 Å². The van der Waals surface area contributed by atoms with Crippen molar-refractivity contribution in [3.05, 3.63) is 24.0 Å². The molecule has 17 heavy (non-hydrogen) atoms. The minimum atomic E-state index is -2.88. The summed E-state index contributed by atoms with van der Waals surface area (Å²) in [5.41, 5.74) is 1.20. The van der Waals surface area contributed by atoms with E-state index in [1.165, 1.54) is 11.8 Å². The highest BCUT2D eigenvalue weighted by atomic mass is 32.2. The van der Waals surface area contributed by atoms with Crippen LogP contribution in [0.25, 0.3) is 0 Å². The van der Waals surface area contributed by atoms with Crippen molar-refractivity contribution in [2.75, 3.05) is 18.6 Å². The number of aromatic nitrogens is 1. The molecule has 0 radical (unpaired) electrons. The molecule has 0 aliphatic rings. The lowest BCUT2D eigenvalue weighted by Gasteiger charge is -2.11. The Morgan fingerprint density at radius 3 is 2.76 bits per heavy atom. The van der Waals surface area contributed by atoms with E-state index in [-0.39, 0.29) is 5.75 Å². The molecule has 5 heteroatoms. The molecule has 0 spiro atoms. The average molecular weight is 258 g/mol. The SMILES string of the molecule is CCCNC(C)c1ccn(CCS(C)(=O)=O)c1. The summed E-state index contributed by atoms with van der Waals surface area (Å²) in [6.07, 6.45) is 6.32. The normalized spacial score (nSPS) is 13.8. The van der Waals surface area contributed by atoms with Crippen LogP contribution in [0.1, 0.15) is 31.9 Å². The molecule has 98 valence electrons. The summed E-state index contributed by atoms with van der Waals surface area (Å²) in [4.78, 5) is 0. The Hall–Kier alpha value is -0.810. The van der Waals surface area contributed by atoms with E-state index in [4.69, 9.17) is 0 Å². The zero-order chi connectivity index (χ0) is 12.9. The molecule has 1 rings (SSSR count). The van der Waals surface area contributed by atoms with E-state index in [0.717, 1.165) is 13.0 Å². The van der Waals surface area contributed by atoms with Crippen molar-refractivity contribution >= 4 is 9.84 Å². The maximum atomic E-state index is 11.1. The molecule has 1 atom stereocenters. The first kappa shape index (κ1) is 14.3. The lowest BCUT2D eigenvalue weighted by molar-refractivity contribution is 0.568. The minimum absolute atomic E-state index is 0.192. The second-order valence-electron chi connectivity index (χ2n) is 4.49. The Balaban J connectivity index is 2.53. The van der Waals surface area contributed by atoms with Crippen molar-refractivity contribution < 1.29 is 8.42 Å². The van der Waals surface area contributed by atoms with E-state index < -0.39 is 9.84 Å². The van der Waals surface area contributed by atoms with Gasteiger partial charge in [-0.1, -0.05) is 6.92 Å². The van der Waals surface area contributed by atoms with Crippen LogP contribution in [0.5, 0.6) is 0 Å². The standard InChI is InChI=1S/C12H22N2O2S/c1-4-6-13-11(2)12-5-7-14(10-12)8-9-17(3,15)16/h5,7,10-11,13H,4,6,8-9H2,1-3H3. The lowest BCUT2D eigenvalue weighted by atomic mass is 10.2. The molecule has 0 saturated heterocycles. The molecular formula is C12H22N2O2S. The van der Waals surface area contributed by atoms with Gasteiger partial charge < -0.3 is 9.88 Å². The predicted molar refractivity (Wildman–Crippen MR) is 70.9 cm³/mol. The summed E-state index contributed by atoms with van der Waals surface area (Å²) in [5, 5.41) is 3.40. The van der Waals surface area contributed by atoms with Gasteiger partial charge in [-0.25, -0.2) is 8.42 Å². The Morgan fingerprint density at radius 2 is 2.18 bits per heavy atom. The van der Waals surface area contributed by atoms with Crippen molar-refractivity contribution in [1.82, 2.24) is 9.88 Å². The Labute approximate surface area is 104 Å². The maximum Gasteiger partial charge on any atom is 0.149 e. The second kappa shape index (κ2) is 6.21. The van der Waals surface area contributed by atoms with E-state index in [1.807, 2.05) is 23.0 Å². The summed E-state index contributed by atoms with van der Waals surface area (Å²) in [6, 6.07) is 2.35. The highest BCUT2D eigenvalue weighted by Gasteiger charge is 2.07. The highest BCUT2D eigenvalue weighted by Crippen LogP contribution is 2.12. The molecular weight excluding hydrogens is 236 g/mol. The first-order chi connectivity index (χ1) is 7.92. The third kappa shape index (κ3) is 5.37. The van der Waals surface area contributed by atoms with Crippen molar-refractivity contribution in [3.63, 3.8) is 0 Å². The third-order valence-electron chi connectivity index (χ3n) is 2.69. The van der Waals surface area contributed by atoms with Gasteiger partial charge in [0.1, 0.15) is 9.84 Å². The number of rotatable bonds is 7. The number of nitrogens with one attached hydrogen (secondary N) is 1. The van der Waals surface area contributed by atoms with Gasteiger partial charge >= 0.3 is 0 Å². The zero-order valence-corrected chi connectivity index (χ0v) is 11.6. The molecule has 1 aromatic heterocycles.